The van der Waals surface area contributed by atoms with Gasteiger partial charge in [-0.25, -0.2) is 19.4 Å². The van der Waals surface area contributed by atoms with Crippen LogP contribution < -0.4 is 4.90 Å². The Bertz CT molecular complexity index is 1020. The Morgan fingerprint density at radius 1 is 1.18 bits per heavy atom. The van der Waals surface area contributed by atoms with Crippen LogP contribution in [0.4, 0.5) is 10.6 Å². The van der Waals surface area contributed by atoms with Crippen LogP contribution in [0.1, 0.15) is 5.82 Å². The SMILES string of the molecule is COCc1nc(N2CCN(C(=O)O)CC2)cc(-n2nc(Cl)c3ccccc32)n1. The van der Waals surface area contributed by atoms with Crippen LogP contribution in [0.3, 0.4) is 0 Å². The Morgan fingerprint density at radius 3 is 2.61 bits per heavy atom. The summed E-state index contributed by atoms with van der Waals surface area (Å²) in [5.41, 5.74) is 0.844. The smallest absolute Gasteiger partial charge is 0.407 e. The number of para-hydroxylation sites is 1. The van der Waals surface area contributed by atoms with E-state index in [9.17, 15) is 4.79 Å². The van der Waals surface area contributed by atoms with Gasteiger partial charge in [-0.15, -0.1) is 0 Å². The second-order valence-electron chi connectivity index (χ2n) is 6.41. The van der Waals surface area contributed by atoms with E-state index in [1.165, 1.54) is 4.90 Å². The molecule has 10 heteroatoms. The minimum Gasteiger partial charge on any atom is -0.465 e. The molecule has 1 N–H and O–H groups in total. The number of ether oxygens (including phenoxy) is 1. The molecule has 4 rings (SSSR count). The van der Waals surface area contributed by atoms with E-state index in [1.54, 1.807) is 11.8 Å². The lowest BCUT2D eigenvalue weighted by Gasteiger charge is -2.34. The summed E-state index contributed by atoms with van der Waals surface area (Å²) in [6.45, 7) is 2.20. The van der Waals surface area contributed by atoms with Gasteiger partial charge in [-0.3, -0.25) is 0 Å². The highest BCUT2D eigenvalue weighted by molar-refractivity contribution is 6.34. The van der Waals surface area contributed by atoms with Crippen LogP contribution in [0.25, 0.3) is 16.7 Å². The summed E-state index contributed by atoms with van der Waals surface area (Å²) in [4.78, 5) is 23.7. The van der Waals surface area contributed by atoms with E-state index in [4.69, 9.17) is 21.4 Å². The number of benzene rings is 1. The van der Waals surface area contributed by atoms with Crippen LogP contribution in [0.15, 0.2) is 30.3 Å². The fourth-order valence-corrected chi connectivity index (χ4v) is 3.50. The van der Waals surface area contributed by atoms with Crippen molar-refractivity contribution in [1.29, 1.82) is 0 Å². The highest BCUT2D eigenvalue weighted by Crippen LogP contribution is 2.26. The van der Waals surface area contributed by atoms with Crippen LogP contribution in [0, 0.1) is 0 Å². The number of methoxy groups -OCH3 is 1. The molecule has 9 nitrogen and oxygen atoms in total. The van der Waals surface area contributed by atoms with Crippen LogP contribution in [0.2, 0.25) is 5.15 Å². The molecule has 0 saturated carbocycles. The topological polar surface area (TPSA) is 96.6 Å². The first-order valence-electron chi connectivity index (χ1n) is 8.80. The molecule has 2 aromatic heterocycles. The van der Waals surface area contributed by atoms with E-state index in [0.717, 1.165) is 10.9 Å². The van der Waals surface area contributed by atoms with Crippen molar-refractivity contribution in [2.24, 2.45) is 0 Å². The molecule has 0 spiro atoms. The first-order valence-corrected chi connectivity index (χ1v) is 9.18. The van der Waals surface area contributed by atoms with Gasteiger partial charge >= 0.3 is 6.09 Å². The van der Waals surface area contributed by atoms with Crippen molar-refractivity contribution >= 4 is 34.4 Å². The molecule has 1 amide bonds. The molecule has 1 saturated heterocycles. The van der Waals surface area contributed by atoms with E-state index < -0.39 is 6.09 Å². The van der Waals surface area contributed by atoms with Crippen molar-refractivity contribution in [2.45, 2.75) is 6.61 Å². The summed E-state index contributed by atoms with van der Waals surface area (Å²) >= 11 is 6.29. The third kappa shape index (κ3) is 3.46. The van der Waals surface area contributed by atoms with Gasteiger partial charge in [0.1, 0.15) is 12.4 Å². The predicted molar refractivity (Wildman–Crippen MR) is 104 cm³/mol. The van der Waals surface area contributed by atoms with Gasteiger partial charge in [0.05, 0.1) is 5.52 Å². The maximum atomic E-state index is 11.1. The minimum absolute atomic E-state index is 0.253. The van der Waals surface area contributed by atoms with Gasteiger partial charge in [0, 0.05) is 44.7 Å². The summed E-state index contributed by atoms with van der Waals surface area (Å²) in [6.07, 6.45) is -0.902. The quantitative estimate of drug-likeness (QED) is 0.715. The Morgan fingerprint density at radius 2 is 1.89 bits per heavy atom. The Hall–Kier alpha value is -2.91. The van der Waals surface area contributed by atoms with E-state index in [0.29, 0.717) is 48.8 Å². The number of aromatic nitrogens is 4. The van der Waals surface area contributed by atoms with Crippen molar-refractivity contribution in [2.75, 3.05) is 38.2 Å². The average Bonchev–Trinajstić information content (AvgIpc) is 3.05. The number of fused-ring (bicyclic) bond motifs is 1. The number of carboxylic acid groups (broad SMARTS) is 1. The highest BCUT2D eigenvalue weighted by Gasteiger charge is 2.23. The molecule has 0 unspecified atom stereocenters. The fraction of sp³-hybridized carbons (Fsp3) is 0.333. The van der Waals surface area contributed by atoms with Crippen molar-refractivity contribution < 1.29 is 14.6 Å². The lowest BCUT2D eigenvalue weighted by atomic mass is 10.2. The number of hydrogen-bond donors (Lipinski definition) is 1. The lowest BCUT2D eigenvalue weighted by molar-refractivity contribution is 0.142. The first-order chi connectivity index (χ1) is 13.6. The van der Waals surface area contributed by atoms with Crippen molar-refractivity contribution in [1.82, 2.24) is 24.6 Å². The van der Waals surface area contributed by atoms with Crippen molar-refractivity contribution in [3.05, 3.63) is 41.3 Å². The summed E-state index contributed by atoms with van der Waals surface area (Å²) in [6, 6.07) is 9.50. The molecule has 0 radical (unpaired) electrons. The highest BCUT2D eigenvalue weighted by atomic mass is 35.5. The molecular formula is C18H19ClN6O3. The van der Waals surface area contributed by atoms with Crippen LogP contribution in [0.5, 0.6) is 0 Å². The number of anilines is 1. The van der Waals surface area contributed by atoms with E-state index >= 15 is 0 Å². The Balaban J connectivity index is 1.73. The molecule has 3 heterocycles. The normalized spacial score (nSPS) is 14.6. The largest absolute Gasteiger partial charge is 0.465 e. The predicted octanol–water partition coefficient (Wildman–Crippen LogP) is 2.42. The maximum Gasteiger partial charge on any atom is 0.407 e. The van der Waals surface area contributed by atoms with E-state index in [1.807, 2.05) is 35.2 Å². The summed E-state index contributed by atoms with van der Waals surface area (Å²) in [7, 11) is 1.58. The minimum atomic E-state index is -0.902. The number of nitrogens with zero attached hydrogens (tertiary/aromatic N) is 6. The molecule has 1 aliphatic heterocycles. The molecule has 0 atom stereocenters. The van der Waals surface area contributed by atoms with Crippen LogP contribution in [-0.2, 0) is 11.3 Å². The van der Waals surface area contributed by atoms with Gasteiger partial charge in [-0.1, -0.05) is 23.7 Å². The maximum absolute atomic E-state index is 11.1. The molecular weight excluding hydrogens is 384 g/mol. The molecule has 1 aliphatic rings. The third-order valence-corrected chi connectivity index (χ3v) is 4.93. The molecule has 1 fully saturated rings. The second-order valence-corrected chi connectivity index (χ2v) is 6.77. The molecule has 1 aromatic carbocycles. The fourth-order valence-electron chi connectivity index (χ4n) is 3.26. The summed E-state index contributed by atoms with van der Waals surface area (Å²) < 4.78 is 6.91. The number of hydrogen-bond acceptors (Lipinski definition) is 6. The monoisotopic (exact) mass is 402 g/mol. The number of piperazine rings is 1. The molecule has 28 heavy (non-hydrogen) atoms. The summed E-state index contributed by atoms with van der Waals surface area (Å²) in [5.74, 6) is 1.81. The molecule has 146 valence electrons. The zero-order chi connectivity index (χ0) is 19.7. The number of carbonyl (C=O) groups is 1. The summed E-state index contributed by atoms with van der Waals surface area (Å²) in [5, 5.41) is 14.8. The van der Waals surface area contributed by atoms with Gasteiger partial charge in [0.15, 0.2) is 16.8 Å². The number of amides is 1. The average molecular weight is 403 g/mol. The lowest BCUT2D eigenvalue weighted by Crippen LogP contribution is -2.48. The zero-order valence-corrected chi connectivity index (χ0v) is 16.0. The third-order valence-electron chi connectivity index (χ3n) is 4.65. The molecule has 0 bridgehead atoms. The van der Waals surface area contributed by atoms with Gasteiger partial charge in [0.2, 0.25) is 0 Å². The zero-order valence-electron chi connectivity index (χ0n) is 15.2. The van der Waals surface area contributed by atoms with Gasteiger partial charge in [0.25, 0.3) is 0 Å². The molecule has 0 aliphatic carbocycles. The van der Waals surface area contributed by atoms with Gasteiger partial charge in [-0.05, 0) is 12.1 Å². The standard InChI is InChI=1S/C18H19ClN6O3/c1-28-11-14-20-15(23-6-8-24(9-7-23)18(26)27)10-16(21-14)25-13-5-3-2-4-12(13)17(19)22-25/h2-5,10H,6-9,11H2,1H3,(H,26,27). The first kappa shape index (κ1) is 18.5. The van der Waals surface area contributed by atoms with E-state index in [2.05, 4.69) is 15.1 Å². The van der Waals surface area contributed by atoms with Gasteiger partial charge in [-0.2, -0.15) is 5.10 Å². The van der Waals surface area contributed by atoms with Crippen molar-refractivity contribution in [3.63, 3.8) is 0 Å². The second kappa shape index (κ2) is 7.61. The molecule has 3 aromatic rings. The van der Waals surface area contributed by atoms with Gasteiger partial charge < -0.3 is 19.6 Å². The van der Waals surface area contributed by atoms with Crippen LogP contribution >= 0.6 is 11.6 Å². The Labute approximate surface area is 166 Å². The number of halogens is 1. The van der Waals surface area contributed by atoms with E-state index in [-0.39, 0.29) is 6.61 Å². The number of rotatable bonds is 4. The van der Waals surface area contributed by atoms with Crippen molar-refractivity contribution in [3.8, 4) is 5.82 Å². The Kier molecular flexibility index (Phi) is 5.01. The van der Waals surface area contributed by atoms with Crippen LogP contribution in [-0.4, -0.2) is 69.1 Å².